The molecule has 2 aromatic rings. The number of hydrogen-bond donors (Lipinski definition) is 2. The Balaban J connectivity index is 1.72. The summed E-state index contributed by atoms with van der Waals surface area (Å²) >= 11 is 3.23. The third-order valence-electron chi connectivity index (χ3n) is 4.09. The average molecular weight is 335 g/mol. The topological polar surface area (TPSA) is 66.4 Å². The zero-order valence-electron chi connectivity index (χ0n) is 11.9. The molecule has 0 aliphatic heterocycles. The van der Waals surface area contributed by atoms with E-state index in [2.05, 4.69) is 5.32 Å². The maximum atomic E-state index is 12.5. The molecule has 1 aliphatic rings. The van der Waals surface area contributed by atoms with Crippen LogP contribution in [0, 0.1) is 11.8 Å². The van der Waals surface area contributed by atoms with Gasteiger partial charge in [0.15, 0.2) is 0 Å². The van der Waals surface area contributed by atoms with E-state index in [-0.39, 0.29) is 23.8 Å². The lowest BCUT2D eigenvalue weighted by Gasteiger charge is -2.19. The van der Waals surface area contributed by atoms with Crippen LogP contribution in [0.1, 0.15) is 35.1 Å². The second kappa shape index (κ2) is 6.62. The summed E-state index contributed by atoms with van der Waals surface area (Å²) in [4.78, 5) is 25.8. The molecule has 2 aromatic heterocycles. The van der Waals surface area contributed by atoms with Gasteiger partial charge >= 0.3 is 5.97 Å². The first kappa shape index (κ1) is 15.2. The minimum Gasteiger partial charge on any atom is -0.481 e. The van der Waals surface area contributed by atoms with Crippen molar-refractivity contribution in [2.45, 2.75) is 25.3 Å². The SMILES string of the molecule is O=C(O)[C@@H]1CC[C@H](C(=O)NC(c2cccs2)c2cccs2)C1. The molecule has 1 fully saturated rings. The summed E-state index contributed by atoms with van der Waals surface area (Å²) < 4.78 is 0. The standard InChI is InChI=1S/C16H17NO3S2/c18-15(10-5-6-11(9-10)16(19)20)17-14(12-3-1-7-21-12)13-4-2-8-22-13/h1-4,7-8,10-11,14H,5-6,9H2,(H,17,18)(H,19,20)/t10-,11+/m0/s1. The van der Waals surface area contributed by atoms with Crippen LogP contribution in [0.2, 0.25) is 0 Å². The molecule has 0 bridgehead atoms. The van der Waals surface area contributed by atoms with Gasteiger partial charge in [-0.2, -0.15) is 0 Å². The molecule has 1 saturated carbocycles. The Bertz CT molecular complexity index is 602. The summed E-state index contributed by atoms with van der Waals surface area (Å²) in [5.74, 6) is -1.39. The Morgan fingerprint density at radius 3 is 2.14 bits per heavy atom. The van der Waals surface area contributed by atoms with Crippen LogP contribution in [0.15, 0.2) is 35.0 Å². The number of amides is 1. The van der Waals surface area contributed by atoms with Crippen molar-refractivity contribution in [2.24, 2.45) is 11.8 Å². The zero-order valence-corrected chi connectivity index (χ0v) is 13.5. The summed E-state index contributed by atoms with van der Waals surface area (Å²) in [5, 5.41) is 16.2. The lowest BCUT2D eigenvalue weighted by atomic mass is 10.0. The van der Waals surface area contributed by atoms with Crippen molar-refractivity contribution in [1.82, 2.24) is 5.32 Å². The summed E-state index contributed by atoms with van der Waals surface area (Å²) in [7, 11) is 0. The highest BCUT2D eigenvalue weighted by Gasteiger charge is 2.35. The summed E-state index contributed by atoms with van der Waals surface area (Å²) in [5.41, 5.74) is 0. The maximum absolute atomic E-state index is 12.5. The van der Waals surface area contributed by atoms with Crippen LogP contribution in [-0.2, 0) is 9.59 Å². The first-order chi connectivity index (χ1) is 10.6. The lowest BCUT2D eigenvalue weighted by molar-refractivity contribution is -0.141. The molecular weight excluding hydrogens is 318 g/mol. The molecule has 4 nitrogen and oxygen atoms in total. The second-order valence-corrected chi connectivity index (χ2v) is 7.48. The molecule has 0 spiro atoms. The van der Waals surface area contributed by atoms with Crippen LogP contribution >= 0.6 is 22.7 Å². The average Bonchev–Trinajstić information content (AvgIpc) is 3.26. The monoisotopic (exact) mass is 335 g/mol. The first-order valence-electron chi connectivity index (χ1n) is 7.25. The predicted molar refractivity (Wildman–Crippen MR) is 87.1 cm³/mol. The van der Waals surface area contributed by atoms with Gasteiger partial charge in [0.05, 0.1) is 12.0 Å². The van der Waals surface area contributed by atoms with Crippen molar-refractivity contribution >= 4 is 34.6 Å². The smallest absolute Gasteiger partial charge is 0.306 e. The van der Waals surface area contributed by atoms with Gasteiger partial charge in [0.25, 0.3) is 0 Å². The van der Waals surface area contributed by atoms with Crippen molar-refractivity contribution in [3.8, 4) is 0 Å². The number of carboxylic acid groups (broad SMARTS) is 1. The number of carboxylic acids is 1. The Morgan fingerprint density at radius 2 is 1.68 bits per heavy atom. The fourth-order valence-electron chi connectivity index (χ4n) is 2.90. The number of aliphatic carboxylic acids is 1. The lowest BCUT2D eigenvalue weighted by Crippen LogP contribution is -2.33. The van der Waals surface area contributed by atoms with E-state index < -0.39 is 5.97 Å². The number of carbonyl (C=O) groups excluding carboxylic acids is 1. The van der Waals surface area contributed by atoms with Crippen molar-refractivity contribution in [1.29, 1.82) is 0 Å². The highest BCUT2D eigenvalue weighted by atomic mass is 32.1. The summed E-state index contributed by atoms with van der Waals surface area (Å²) in [6.45, 7) is 0. The summed E-state index contributed by atoms with van der Waals surface area (Å²) in [6, 6.07) is 7.86. The molecule has 0 saturated heterocycles. The van der Waals surface area contributed by atoms with Gasteiger partial charge in [-0.3, -0.25) is 9.59 Å². The third kappa shape index (κ3) is 3.23. The van der Waals surface area contributed by atoms with Crippen LogP contribution in [0.25, 0.3) is 0 Å². The third-order valence-corrected chi connectivity index (χ3v) is 5.97. The van der Waals surface area contributed by atoms with E-state index in [4.69, 9.17) is 5.11 Å². The highest BCUT2D eigenvalue weighted by molar-refractivity contribution is 7.11. The molecule has 2 heterocycles. The van der Waals surface area contributed by atoms with Crippen molar-refractivity contribution in [3.05, 3.63) is 44.8 Å². The molecule has 6 heteroatoms. The van der Waals surface area contributed by atoms with Gasteiger partial charge in [-0.1, -0.05) is 12.1 Å². The minimum atomic E-state index is -0.789. The van der Waals surface area contributed by atoms with Gasteiger partial charge in [-0.15, -0.1) is 22.7 Å². The number of hydrogen-bond acceptors (Lipinski definition) is 4. The van der Waals surface area contributed by atoms with E-state index in [1.54, 1.807) is 22.7 Å². The molecule has 2 atom stereocenters. The van der Waals surface area contributed by atoms with Gasteiger partial charge in [0.2, 0.25) is 5.91 Å². The highest BCUT2D eigenvalue weighted by Crippen LogP contribution is 2.34. The second-order valence-electron chi connectivity index (χ2n) is 5.52. The Kier molecular flexibility index (Phi) is 4.59. The van der Waals surface area contributed by atoms with Crippen LogP contribution in [0.4, 0.5) is 0 Å². The number of thiophene rings is 2. The molecule has 0 aromatic carbocycles. The van der Waals surface area contributed by atoms with Crippen LogP contribution in [-0.4, -0.2) is 17.0 Å². The molecule has 1 amide bonds. The minimum absolute atomic E-state index is 0.0319. The number of nitrogens with one attached hydrogen (secondary N) is 1. The van der Waals surface area contributed by atoms with Crippen molar-refractivity contribution in [2.75, 3.05) is 0 Å². The fraction of sp³-hybridized carbons (Fsp3) is 0.375. The van der Waals surface area contributed by atoms with E-state index in [1.807, 2.05) is 35.0 Å². The van der Waals surface area contributed by atoms with Gasteiger partial charge in [-0.05, 0) is 42.2 Å². The van der Waals surface area contributed by atoms with Crippen LogP contribution in [0.5, 0.6) is 0 Å². The molecule has 1 aliphatic carbocycles. The van der Waals surface area contributed by atoms with E-state index in [0.717, 1.165) is 9.75 Å². The van der Waals surface area contributed by atoms with Crippen molar-refractivity contribution in [3.63, 3.8) is 0 Å². The molecule has 22 heavy (non-hydrogen) atoms. The Labute approximate surface area is 136 Å². The molecule has 2 N–H and O–H groups in total. The Hall–Kier alpha value is -1.66. The molecule has 116 valence electrons. The van der Waals surface area contributed by atoms with E-state index in [1.165, 1.54) is 0 Å². The normalized spacial score (nSPS) is 21.1. The maximum Gasteiger partial charge on any atom is 0.306 e. The van der Waals surface area contributed by atoms with E-state index >= 15 is 0 Å². The van der Waals surface area contributed by atoms with Gasteiger partial charge < -0.3 is 10.4 Å². The first-order valence-corrected chi connectivity index (χ1v) is 9.01. The molecule has 0 radical (unpaired) electrons. The predicted octanol–water partition coefficient (Wildman–Crippen LogP) is 3.52. The Morgan fingerprint density at radius 1 is 1.09 bits per heavy atom. The number of rotatable bonds is 5. The van der Waals surface area contributed by atoms with Gasteiger partial charge in [-0.25, -0.2) is 0 Å². The zero-order chi connectivity index (χ0) is 15.5. The largest absolute Gasteiger partial charge is 0.481 e. The van der Waals surface area contributed by atoms with Crippen LogP contribution in [0.3, 0.4) is 0 Å². The quantitative estimate of drug-likeness (QED) is 0.878. The van der Waals surface area contributed by atoms with Crippen LogP contribution < -0.4 is 5.32 Å². The van der Waals surface area contributed by atoms with Crippen molar-refractivity contribution < 1.29 is 14.7 Å². The summed E-state index contributed by atoms with van der Waals surface area (Å²) in [6.07, 6.45) is 1.70. The number of carbonyl (C=O) groups is 2. The fourth-order valence-corrected chi connectivity index (χ4v) is 4.56. The van der Waals surface area contributed by atoms with Gasteiger partial charge in [0.1, 0.15) is 0 Å². The van der Waals surface area contributed by atoms with E-state index in [9.17, 15) is 9.59 Å². The van der Waals surface area contributed by atoms with E-state index in [0.29, 0.717) is 19.3 Å². The molecular formula is C16H17NO3S2. The van der Waals surface area contributed by atoms with Gasteiger partial charge in [0, 0.05) is 15.7 Å². The molecule has 3 rings (SSSR count). The molecule has 0 unspecified atom stereocenters.